The molecule has 1 aliphatic heterocycles. The quantitative estimate of drug-likeness (QED) is 0.893. The fourth-order valence-electron chi connectivity index (χ4n) is 2.31. The van der Waals surface area contributed by atoms with Crippen molar-refractivity contribution in [1.82, 2.24) is 9.88 Å². The maximum atomic E-state index is 12.2. The topological polar surface area (TPSA) is 71.5 Å². The van der Waals surface area contributed by atoms with E-state index in [1.807, 2.05) is 32.6 Å². The summed E-state index contributed by atoms with van der Waals surface area (Å²) < 4.78 is 5.09. The molecule has 1 aromatic rings. The van der Waals surface area contributed by atoms with Crippen molar-refractivity contribution >= 4 is 28.5 Å². The highest BCUT2D eigenvalue weighted by molar-refractivity contribution is 7.15. The third-order valence-electron chi connectivity index (χ3n) is 3.42. The summed E-state index contributed by atoms with van der Waals surface area (Å²) in [5.41, 5.74) is 0.975. The number of hydrogen-bond donors (Lipinski definition) is 1. The van der Waals surface area contributed by atoms with Gasteiger partial charge < -0.3 is 9.64 Å². The molecule has 6 nitrogen and oxygen atoms in total. The molecule has 1 aromatic heterocycles. The van der Waals surface area contributed by atoms with Gasteiger partial charge in [-0.25, -0.2) is 9.78 Å². The van der Waals surface area contributed by atoms with Gasteiger partial charge in [0.2, 0.25) is 5.91 Å². The molecule has 2 heterocycles. The lowest BCUT2D eigenvalue weighted by atomic mass is 10.1. The number of fused-ring (bicyclic) bond motifs is 1. The minimum absolute atomic E-state index is 0.185. The van der Waals surface area contributed by atoms with Gasteiger partial charge in [0.25, 0.3) is 0 Å². The predicted molar refractivity (Wildman–Crippen MR) is 90.5 cm³/mol. The van der Waals surface area contributed by atoms with Crippen LogP contribution in [0.5, 0.6) is 0 Å². The van der Waals surface area contributed by atoms with Crippen molar-refractivity contribution in [2.24, 2.45) is 11.8 Å². The van der Waals surface area contributed by atoms with Gasteiger partial charge in [0, 0.05) is 24.3 Å². The maximum Gasteiger partial charge on any atom is 0.413 e. The van der Waals surface area contributed by atoms with Crippen LogP contribution in [0.15, 0.2) is 0 Å². The Bertz CT molecular complexity index is 569. The van der Waals surface area contributed by atoms with Gasteiger partial charge in [0.1, 0.15) is 0 Å². The monoisotopic (exact) mass is 339 g/mol. The fourth-order valence-corrected chi connectivity index (χ4v) is 3.32. The van der Waals surface area contributed by atoms with Crippen molar-refractivity contribution in [2.45, 2.75) is 47.1 Å². The number of aromatic nitrogens is 1. The van der Waals surface area contributed by atoms with E-state index in [4.69, 9.17) is 4.74 Å². The summed E-state index contributed by atoms with van der Waals surface area (Å²) in [5.74, 6) is 0.842. The highest BCUT2D eigenvalue weighted by atomic mass is 32.1. The largest absolute Gasteiger partial charge is 0.449 e. The lowest BCUT2D eigenvalue weighted by Crippen LogP contribution is -2.36. The molecule has 2 amide bonds. The van der Waals surface area contributed by atoms with Crippen LogP contribution in [0, 0.1) is 11.8 Å². The second kappa shape index (κ2) is 7.77. The third kappa shape index (κ3) is 5.20. The number of amides is 2. The molecule has 23 heavy (non-hydrogen) atoms. The van der Waals surface area contributed by atoms with Crippen LogP contribution in [0.3, 0.4) is 0 Å². The minimum Gasteiger partial charge on any atom is -0.449 e. The summed E-state index contributed by atoms with van der Waals surface area (Å²) in [4.78, 5) is 31.2. The molecule has 0 fully saturated rings. The van der Waals surface area contributed by atoms with E-state index in [0.717, 1.165) is 17.0 Å². The second-order valence-electron chi connectivity index (χ2n) is 6.67. The molecule has 0 aliphatic carbocycles. The molecule has 128 valence electrons. The van der Waals surface area contributed by atoms with Crippen molar-refractivity contribution in [2.75, 3.05) is 18.5 Å². The lowest BCUT2D eigenvalue weighted by molar-refractivity contribution is -0.132. The number of anilines is 1. The third-order valence-corrected chi connectivity index (χ3v) is 4.42. The van der Waals surface area contributed by atoms with Gasteiger partial charge in [-0.3, -0.25) is 10.1 Å². The maximum absolute atomic E-state index is 12.2. The van der Waals surface area contributed by atoms with E-state index in [0.29, 0.717) is 43.1 Å². The number of hydrogen-bond acceptors (Lipinski definition) is 5. The summed E-state index contributed by atoms with van der Waals surface area (Å²) in [6, 6.07) is 0. The van der Waals surface area contributed by atoms with Crippen molar-refractivity contribution in [3.8, 4) is 0 Å². The molecule has 0 saturated heterocycles. The Labute approximate surface area is 141 Å². The Morgan fingerprint density at radius 2 is 2.04 bits per heavy atom. The average molecular weight is 339 g/mol. The summed E-state index contributed by atoms with van der Waals surface area (Å²) in [5, 5.41) is 3.22. The SMILES string of the molecule is CC(C)COC(=O)Nc1nc2c(s1)CN(C(=O)CC(C)C)CC2. The van der Waals surface area contributed by atoms with E-state index in [-0.39, 0.29) is 5.91 Å². The van der Waals surface area contributed by atoms with Crippen LogP contribution < -0.4 is 5.32 Å². The molecule has 1 aliphatic rings. The Hall–Kier alpha value is -1.63. The Balaban J connectivity index is 1.93. The molecule has 1 N–H and O–H groups in total. The van der Waals surface area contributed by atoms with Gasteiger partial charge in [0.15, 0.2) is 5.13 Å². The fraction of sp³-hybridized carbons (Fsp3) is 0.688. The zero-order valence-electron chi connectivity index (χ0n) is 14.2. The van der Waals surface area contributed by atoms with E-state index < -0.39 is 6.09 Å². The molecule has 0 atom stereocenters. The van der Waals surface area contributed by atoms with Crippen molar-refractivity contribution < 1.29 is 14.3 Å². The van der Waals surface area contributed by atoms with Crippen LogP contribution >= 0.6 is 11.3 Å². The second-order valence-corrected chi connectivity index (χ2v) is 7.75. The first-order valence-electron chi connectivity index (χ1n) is 8.05. The first kappa shape index (κ1) is 17.7. The highest BCUT2D eigenvalue weighted by Gasteiger charge is 2.24. The summed E-state index contributed by atoms with van der Waals surface area (Å²) >= 11 is 1.42. The van der Waals surface area contributed by atoms with Crippen LogP contribution in [0.1, 0.15) is 44.7 Å². The van der Waals surface area contributed by atoms with Gasteiger partial charge in [0.05, 0.1) is 18.8 Å². The van der Waals surface area contributed by atoms with Gasteiger partial charge >= 0.3 is 6.09 Å². The predicted octanol–water partition coefficient (Wildman–Crippen LogP) is 3.28. The van der Waals surface area contributed by atoms with Crippen molar-refractivity contribution in [3.63, 3.8) is 0 Å². The number of carbonyl (C=O) groups is 2. The Morgan fingerprint density at radius 3 is 2.70 bits per heavy atom. The standard InChI is InChI=1S/C16H25N3O3S/c1-10(2)7-14(20)19-6-5-12-13(8-19)23-15(17-12)18-16(21)22-9-11(3)4/h10-11H,5-9H2,1-4H3,(H,17,18,21). The lowest BCUT2D eigenvalue weighted by Gasteiger charge is -2.26. The smallest absolute Gasteiger partial charge is 0.413 e. The molecule has 0 aromatic carbocycles. The zero-order chi connectivity index (χ0) is 17.0. The van der Waals surface area contributed by atoms with E-state index in [2.05, 4.69) is 10.3 Å². The first-order chi connectivity index (χ1) is 10.8. The molecule has 0 saturated carbocycles. The van der Waals surface area contributed by atoms with Gasteiger partial charge in [-0.15, -0.1) is 0 Å². The Kier molecular flexibility index (Phi) is 5.98. The van der Waals surface area contributed by atoms with E-state index in [1.54, 1.807) is 0 Å². The van der Waals surface area contributed by atoms with E-state index in [1.165, 1.54) is 11.3 Å². The van der Waals surface area contributed by atoms with Crippen LogP contribution in [0.4, 0.5) is 9.93 Å². The van der Waals surface area contributed by atoms with Crippen LogP contribution in [-0.4, -0.2) is 35.0 Å². The summed E-state index contributed by atoms with van der Waals surface area (Å²) in [7, 11) is 0. The summed E-state index contributed by atoms with van der Waals surface area (Å²) in [6.45, 7) is 9.72. The number of carbonyl (C=O) groups excluding carboxylic acids is 2. The van der Waals surface area contributed by atoms with Gasteiger partial charge in [-0.2, -0.15) is 0 Å². The normalized spacial score (nSPS) is 14.1. The van der Waals surface area contributed by atoms with Crippen LogP contribution in [0.2, 0.25) is 0 Å². The molecule has 0 spiro atoms. The number of nitrogens with one attached hydrogen (secondary N) is 1. The van der Waals surface area contributed by atoms with E-state index in [9.17, 15) is 9.59 Å². The average Bonchev–Trinajstić information content (AvgIpc) is 2.85. The summed E-state index contributed by atoms with van der Waals surface area (Å²) in [6.07, 6.45) is 0.830. The van der Waals surface area contributed by atoms with Gasteiger partial charge in [-0.05, 0) is 11.8 Å². The molecule has 0 bridgehead atoms. The van der Waals surface area contributed by atoms with Crippen LogP contribution in [-0.2, 0) is 22.5 Å². The van der Waals surface area contributed by atoms with Gasteiger partial charge in [-0.1, -0.05) is 39.0 Å². The number of rotatable bonds is 5. The zero-order valence-corrected chi connectivity index (χ0v) is 15.0. The highest BCUT2D eigenvalue weighted by Crippen LogP contribution is 2.29. The number of ether oxygens (including phenoxy) is 1. The molecular formula is C16H25N3O3S. The van der Waals surface area contributed by atoms with Crippen molar-refractivity contribution in [3.05, 3.63) is 10.6 Å². The molecule has 2 rings (SSSR count). The number of nitrogens with zero attached hydrogens (tertiary/aromatic N) is 2. The number of thiazole rings is 1. The van der Waals surface area contributed by atoms with Crippen molar-refractivity contribution in [1.29, 1.82) is 0 Å². The molecular weight excluding hydrogens is 314 g/mol. The van der Waals surface area contributed by atoms with E-state index >= 15 is 0 Å². The minimum atomic E-state index is -0.475. The van der Waals surface area contributed by atoms with Crippen LogP contribution in [0.25, 0.3) is 0 Å². The molecule has 0 unspecified atom stereocenters. The molecule has 0 radical (unpaired) electrons. The first-order valence-corrected chi connectivity index (χ1v) is 8.87. The molecule has 7 heteroatoms. The Morgan fingerprint density at radius 1 is 1.30 bits per heavy atom.